The van der Waals surface area contributed by atoms with Gasteiger partial charge in [-0.2, -0.15) is 0 Å². The summed E-state index contributed by atoms with van der Waals surface area (Å²) < 4.78 is 27.0. The van der Waals surface area contributed by atoms with E-state index in [4.69, 9.17) is 11.6 Å². The van der Waals surface area contributed by atoms with Gasteiger partial charge < -0.3 is 10.4 Å². The number of halogens is 4. The quantitative estimate of drug-likeness (QED) is 0.838. The van der Waals surface area contributed by atoms with Crippen molar-refractivity contribution in [2.45, 2.75) is 6.10 Å². The third-order valence-corrected chi connectivity index (χ3v) is 4.16. The fourth-order valence-corrected chi connectivity index (χ4v) is 2.31. The Morgan fingerprint density at radius 1 is 1.25 bits per heavy atom. The molecule has 1 unspecified atom stereocenters. The Labute approximate surface area is 128 Å². The molecular weight excluding hydrogens is 352 g/mol. The molecule has 2 aromatic carbocycles. The summed E-state index contributed by atoms with van der Waals surface area (Å²) in [5.74, 6) is -1.45. The first kappa shape index (κ1) is 15.2. The number of nitrogens with one attached hydrogen (secondary N) is 1. The molecule has 0 spiro atoms. The zero-order valence-corrected chi connectivity index (χ0v) is 12.5. The monoisotopic (exact) mass is 361 g/mol. The van der Waals surface area contributed by atoms with E-state index in [0.29, 0.717) is 15.2 Å². The number of hydrogen-bond acceptors (Lipinski definition) is 2. The summed E-state index contributed by atoms with van der Waals surface area (Å²) in [7, 11) is 0. The fraction of sp³-hybridized carbons (Fsp3) is 0.143. The lowest BCUT2D eigenvalue weighted by molar-refractivity contribution is 0.186. The molecule has 0 aliphatic rings. The van der Waals surface area contributed by atoms with Crippen LogP contribution >= 0.6 is 27.5 Å². The number of rotatable bonds is 4. The molecule has 2 rings (SSSR count). The highest BCUT2D eigenvalue weighted by Crippen LogP contribution is 2.30. The molecule has 0 bridgehead atoms. The van der Waals surface area contributed by atoms with Gasteiger partial charge in [-0.25, -0.2) is 8.78 Å². The molecule has 2 aromatic rings. The van der Waals surface area contributed by atoms with E-state index in [1.807, 2.05) is 0 Å². The van der Waals surface area contributed by atoms with Crippen molar-refractivity contribution < 1.29 is 13.9 Å². The molecule has 20 heavy (non-hydrogen) atoms. The van der Waals surface area contributed by atoms with E-state index in [1.165, 1.54) is 6.07 Å². The van der Waals surface area contributed by atoms with Crippen LogP contribution < -0.4 is 5.32 Å². The molecule has 0 fully saturated rings. The molecule has 0 heterocycles. The molecule has 0 amide bonds. The summed E-state index contributed by atoms with van der Waals surface area (Å²) >= 11 is 9.25. The average Bonchev–Trinajstić information content (AvgIpc) is 2.40. The molecule has 1 atom stereocenters. The molecule has 0 aromatic heterocycles. The first-order chi connectivity index (χ1) is 9.49. The van der Waals surface area contributed by atoms with Gasteiger partial charge in [-0.3, -0.25) is 0 Å². The van der Waals surface area contributed by atoms with E-state index < -0.39 is 17.7 Å². The lowest BCUT2D eigenvalue weighted by atomic mass is 10.1. The van der Waals surface area contributed by atoms with E-state index in [1.54, 1.807) is 18.2 Å². The fourth-order valence-electron chi connectivity index (χ4n) is 1.73. The van der Waals surface area contributed by atoms with Crippen LogP contribution in [0.2, 0.25) is 5.02 Å². The molecule has 0 aliphatic carbocycles. The van der Waals surface area contributed by atoms with E-state index in [9.17, 15) is 13.9 Å². The first-order valence-electron chi connectivity index (χ1n) is 5.80. The van der Waals surface area contributed by atoms with Crippen LogP contribution in [0, 0.1) is 11.6 Å². The topological polar surface area (TPSA) is 32.3 Å². The Morgan fingerprint density at radius 2 is 2.00 bits per heavy atom. The predicted molar refractivity (Wildman–Crippen MR) is 79.0 cm³/mol. The summed E-state index contributed by atoms with van der Waals surface area (Å²) in [5, 5.41) is 13.4. The summed E-state index contributed by atoms with van der Waals surface area (Å²) in [6, 6.07) is 8.31. The lowest BCUT2D eigenvalue weighted by Crippen LogP contribution is -2.14. The van der Waals surface area contributed by atoms with Gasteiger partial charge in [-0.1, -0.05) is 23.7 Å². The van der Waals surface area contributed by atoms with Crippen molar-refractivity contribution in [3.8, 4) is 0 Å². The van der Waals surface area contributed by atoms with Crippen molar-refractivity contribution in [1.82, 2.24) is 0 Å². The van der Waals surface area contributed by atoms with Crippen LogP contribution in [0.3, 0.4) is 0 Å². The second kappa shape index (κ2) is 6.52. The largest absolute Gasteiger partial charge is 0.386 e. The molecule has 6 heteroatoms. The zero-order chi connectivity index (χ0) is 14.7. The standard InChI is InChI=1S/C14H11BrClF2NO/c15-14-10(16)2-1-3-12(14)19-7-13(20)9-5-4-8(17)6-11(9)18/h1-6,13,19-20H,7H2. The Morgan fingerprint density at radius 3 is 2.70 bits per heavy atom. The molecular formula is C14H11BrClF2NO. The maximum Gasteiger partial charge on any atom is 0.131 e. The molecule has 0 saturated heterocycles. The van der Waals surface area contributed by atoms with Gasteiger partial charge in [0, 0.05) is 18.2 Å². The van der Waals surface area contributed by atoms with Gasteiger partial charge in [0.15, 0.2) is 0 Å². The molecule has 2 nitrogen and oxygen atoms in total. The maximum absolute atomic E-state index is 13.5. The summed E-state index contributed by atoms with van der Waals surface area (Å²) in [4.78, 5) is 0. The van der Waals surface area contributed by atoms with Gasteiger partial charge in [0.25, 0.3) is 0 Å². The highest BCUT2D eigenvalue weighted by atomic mass is 79.9. The third-order valence-electron chi connectivity index (χ3n) is 2.76. The number of aliphatic hydroxyl groups is 1. The molecule has 0 aliphatic heterocycles. The van der Waals surface area contributed by atoms with Crippen molar-refractivity contribution in [3.63, 3.8) is 0 Å². The van der Waals surface area contributed by atoms with Gasteiger partial charge in [-0.15, -0.1) is 0 Å². The molecule has 2 N–H and O–H groups in total. The van der Waals surface area contributed by atoms with Crippen LogP contribution in [-0.4, -0.2) is 11.7 Å². The molecule has 0 radical (unpaired) electrons. The SMILES string of the molecule is OC(CNc1cccc(Cl)c1Br)c1ccc(F)cc1F. The van der Waals surface area contributed by atoms with Crippen molar-refractivity contribution in [3.05, 3.63) is 63.1 Å². The highest BCUT2D eigenvalue weighted by Gasteiger charge is 2.14. The van der Waals surface area contributed by atoms with Gasteiger partial charge in [0.2, 0.25) is 0 Å². The minimum absolute atomic E-state index is 0.0389. The van der Waals surface area contributed by atoms with E-state index in [2.05, 4.69) is 21.2 Å². The lowest BCUT2D eigenvalue weighted by Gasteiger charge is -2.15. The number of hydrogen-bond donors (Lipinski definition) is 2. The minimum Gasteiger partial charge on any atom is -0.386 e. The Hall–Kier alpha value is -1.17. The molecule has 106 valence electrons. The highest BCUT2D eigenvalue weighted by molar-refractivity contribution is 9.10. The van der Waals surface area contributed by atoms with Crippen LogP contribution in [0.1, 0.15) is 11.7 Å². The predicted octanol–water partition coefficient (Wildman–Crippen LogP) is 4.53. The molecule has 0 saturated carbocycles. The van der Waals surface area contributed by atoms with Gasteiger partial charge in [0.1, 0.15) is 11.6 Å². The first-order valence-corrected chi connectivity index (χ1v) is 6.97. The van der Waals surface area contributed by atoms with Crippen molar-refractivity contribution >= 4 is 33.2 Å². The van der Waals surface area contributed by atoms with Crippen LogP contribution in [0.15, 0.2) is 40.9 Å². The van der Waals surface area contributed by atoms with Crippen molar-refractivity contribution in [1.29, 1.82) is 0 Å². The van der Waals surface area contributed by atoms with Gasteiger partial charge >= 0.3 is 0 Å². The van der Waals surface area contributed by atoms with Crippen LogP contribution in [0.25, 0.3) is 0 Å². The Bertz CT molecular complexity index is 624. The van der Waals surface area contributed by atoms with Gasteiger partial charge in [0.05, 0.1) is 21.3 Å². The smallest absolute Gasteiger partial charge is 0.131 e. The van der Waals surface area contributed by atoms with Crippen LogP contribution in [0.5, 0.6) is 0 Å². The summed E-state index contributed by atoms with van der Waals surface area (Å²) in [5.41, 5.74) is 0.719. The normalized spacial score (nSPS) is 12.2. The van der Waals surface area contributed by atoms with Crippen LogP contribution in [0.4, 0.5) is 14.5 Å². The number of aliphatic hydroxyl groups excluding tert-OH is 1. The average molecular weight is 363 g/mol. The number of anilines is 1. The summed E-state index contributed by atoms with van der Waals surface area (Å²) in [6.07, 6.45) is -1.10. The number of benzene rings is 2. The van der Waals surface area contributed by atoms with Crippen LogP contribution in [-0.2, 0) is 0 Å². The van der Waals surface area contributed by atoms with Crippen molar-refractivity contribution in [2.75, 3.05) is 11.9 Å². The minimum atomic E-state index is -1.10. The Kier molecular flexibility index (Phi) is 4.96. The second-order valence-electron chi connectivity index (χ2n) is 4.16. The third kappa shape index (κ3) is 3.48. The van der Waals surface area contributed by atoms with E-state index >= 15 is 0 Å². The Balaban J connectivity index is 2.08. The second-order valence-corrected chi connectivity index (χ2v) is 5.36. The van der Waals surface area contributed by atoms with Crippen molar-refractivity contribution in [2.24, 2.45) is 0 Å². The maximum atomic E-state index is 13.5. The van der Waals surface area contributed by atoms with E-state index in [0.717, 1.165) is 12.1 Å². The zero-order valence-electron chi connectivity index (χ0n) is 10.2. The van der Waals surface area contributed by atoms with E-state index in [-0.39, 0.29) is 12.1 Å². The summed E-state index contributed by atoms with van der Waals surface area (Å²) in [6.45, 7) is 0.0709. The van der Waals surface area contributed by atoms with Gasteiger partial charge in [-0.05, 0) is 34.1 Å².